The van der Waals surface area contributed by atoms with Crippen LogP contribution in [0.25, 0.3) is 0 Å². The van der Waals surface area contributed by atoms with Crippen molar-refractivity contribution in [1.82, 2.24) is 0 Å². The fourth-order valence-corrected chi connectivity index (χ4v) is 1.67. The molecule has 2 aromatic rings. The molecule has 0 bridgehead atoms. The first-order valence-electron chi connectivity index (χ1n) is 5.70. The number of furan rings is 1. The van der Waals surface area contributed by atoms with Crippen LogP contribution in [0.5, 0.6) is 0 Å². The zero-order valence-corrected chi connectivity index (χ0v) is 10.5. The number of nitrogen functional groups attached to an aromatic ring is 1. The van der Waals surface area contributed by atoms with Crippen molar-refractivity contribution in [3.05, 3.63) is 51.8 Å². The number of anilines is 2. The maximum absolute atomic E-state index is 12.6. The second-order valence-electron chi connectivity index (χ2n) is 4.19. The van der Waals surface area contributed by atoms with Crippen LogP contribution in [-0.2, 0) is 12.7 Å². The molecule has 0 spiro atoms. The van der Waals surface area contributed by atoms with Crippen molar-refractivity contribution >= 4 is 17.3 Å². The summed E-state index contributed by atoms with van der Waals surface area (Å²) in [4.78, 5) is 9.74. The van der Waals surface area contributed by atoms with Crippen molar-refractivity contribution in [3.8, 4) is 0 Å². The van der Waals surface area contributed by atoms with Crippen LogP contribution < -0.4 is 11.1 Å². The molecule has 21 heavy (non-hydrogen) atoms. The van der Waals surface area contributed by atoms with Gasteiger partial charge in [-0.25, -0.2) is 0 Å². The molecule has 3 N–H and O–H groups in total. The van der Waals surface area contributed by atoms with Crippen LogP contribution in [0.2, 0.25) is 0 Å². The fourth-order valence-electron chi connectivity index (χ4n) is 1.67. The maximum Gasteiger partial charge on any atom is 0.433 e. The van der Waals surface area contributed by atoms with E-state index in [2.05, 4.69) is 5.32 Å². The Labute approximate surface area is 116 Å². The van der Waals surface area contributed by atoms with Crippen molar-refractivity contribution in [2.75, 3.05) is 11.1 Å². The summed E-state index contributed by atoms with van der Waals surface area (Å²) >= 11 is 0. The smallest absolute Gasteiger partial charge is 0.404 e. The van der Waals surface area contributed by atoms with Gasteiger partial charge in [0.05, 0.1) is 18.2 Å². The number of nitrogens with two attached hydrogens (primary N) is 1. The van der Waals surface area contributed by atoms with E-state index < -0.39 is 22.5 Å². The Bertz CT molecular complexity index is 667. The molecule has 2 rings (SSSR count). The van der Waals surface area contributed by atoms with Crippen molar-refractivity contribution in [3.63, 3.8) is 0 Å². The minimum atomic E-state index is -4.50. The number of halogens is 3. The first kappa shape index (κ1) is 14.7. The average molecular weight is 301 g/mol. The lowest BCUT2D eigenvalue weighted by Gasteiger charge is -2.11. The second kappa shape index (κ2) is 5.35. The Kier molecular flexibility index (Phi) is 3.74. The maximum atomic E-state index is 12.6. The van der Waals surface area contributed by atoms with Crippen LogP contribution in [0.4, 0.5) is 30.4 Å². The third-order valence-corrected chi connectivity index (χ3v) is 2.58. The highest BCUT2D eigenvalue weighted by atomic mass is 19.4. The number of rotatable bonds is 4. The van der Waals surface area contributed by atoms with Gasteiger partial charge in [-0.15, -0.1) is 0 Å². The van der Waals surface area contributed by atoms with E-state index in [-0.39, 0.29) is 23.7 Å². The van der Waals surface area contributed by atoms with Crippen LogP contribution in [0.15, 0.2) is 34.7 Å². The molecule has 0 saturated heterocycles. The van der Waals surface area contributed by atoms with E-state index in [0.29, 0.717) is 0 Å². The summed E-state index contributed by atoms with van der Waals surface area (Å²) in [7, 11) is 0. The molecule has 1 aromatic carbocycles. The van der Waals surface area contributed by atoms with Gasteiger partial charge in [-0.3, -0.25) is 10.1 Å². The van der Waals surface area contributed by atoms with Gasteiger partial charge in [0.15, 0.2) is 0 Å². The van der Waals surface area contributed by atoms with Crippen LogP contribution in [-0.4, -0.2) is 4.92 Å². The Hall–Kier alpha value is -2.71. The van der Waals surface area contributed by atoms with E-state index in [1.54, 1.807) is 0 Å². The molecule has 112 valence electrons. The summed E-state index contributed by atoms with van der Waals surface area (Å²) in [5.74, 6) is -0.215. The summed E-state index contributed by atoms with van der Waals surface area (Å²) in [6.45, 7) is -0.00537. The van der Waals surface area contributed by atoms with Crippen molar-refractivity contribution in [1.29, 1.82) is 0 Å². The third kappa shape index (κ3) is 3.65. The van der Waals surface area contributed by atoms with E-state index in [0.717, 1.165) is 18.2 Å². The Morgan fingerprint density at radius 1 is 1.29 bits per heavy atom. The molecule has 0 atom stereocenters. The summed E-state index contributed by atoms with van der Waals surface area (Å²) in [6.07, 6.45) is -4.50. The van der Waals surface area contributed by atoms with Gasteiger partial charge in [0, 0.05) is 11.4 Å². The van der Waals surface area contributed by atoms with E-state index in [1.807, 2.05) is 0 Å². The zero-order valence-electron chi connectivity index (χ0n) is 10.5. The predicted molar refractivity (Wildman–Crippen MR) is 68.5 cm³/mol. The van der Waals surface area contributed by atoms with Crippen molar-refractivity contribution in [2.45, 2.75) is 12.7 Å². The Morgan fingerprint density at radius 3 is 2.57 bits per heavy atom. The third-order valence-electron chi connectivity index (χ3n) is 2.58. The zero-order chi connectivity index (χ0) is 15.6. The first-order chi connectivity index (χ1) is 9.75. The standard InChI is InChI=1S/C12H10F3N3O3/c13-12(14,15)7-3-8(16)5-9(4-7)17-6-10-1-2-11(21-10)18(19)20/h1-5,17H,6,16H2. The molecule has 0 radical (unpaired) electrons. The van der Waals surface area contributed by atoms with Gasteiger partial charge in [0.1, 0.15) is 10.7 Å². The van der Waals surface area contributed by atoms with E-state index in [4.69, 9.17) is 10.2 Å². The lowest BCUT2D eigenvalue weighted by molar-refractivity contribution is -0.402. The molecule has 0 aliphatic rings. The lowest BCUT2D eigenvalue weighted by atomic mass is 10.1. The molecule has 0 saturated carbocycles. The molecular weight excluding hydrogens is 291 g/mol. The minimum Gasteiger partial charge on any atom is -0.404 e. The topological polar surface area (TPSA) is 94.3 Å². The summed E-state index contributed by atoms with van der Waals surface area (Å²) in [6, 6.07) is 5.57. The van der Waals surface area contributed by atoms with Crippen molar-refractivity contribution < 1.29 is 22.5 Å². The van der Waals surface area contributed by atoms with E-state index in [9.17, 15) is 23.3 Å². The highest BCUT2D eigenvalue weighted by molar-refractivity contribution is 5.57. The SMILES string of the molecule is Nc1cc(NCc2ccc([N+](=O)[O-])o2)cc(C(F)(F)F)c1. The van der Waals surface area contributed by atoms with E-state index >= 15 is 0 Å². The number of alkyl halides is 3. The molecule has 0 aliphatic carbocycles. The van der Waals surface area contributed by atoms with E-state index in [1.165, 1.54) is 12.1 Å². The number of hydrogen-bond donors (Lipinski definition) is 2. The molecule has 1 aromatic heterocycles. The van der Waals surface area contributed by atoms with Gasteiger partial charge in [-0.1, -0.05) is 0 Å². The summed E-state index contributed by atoms with van der Waals surface area (Å²) in [5.41, 5.74) is 4.63. The molecule has 0 amide bonds. The van der Waals surface area contributed by atoms with Crippen molar-refractivity contribution in [2.24, 2.45) is 0 Å². The molecule has 0 unspecified atom stereocenters. The predicted octanol–water partition coefficient (Wildman–Crippen LogP) is 3.40. The molecular formula is C12H10F3N3O3. The number of hydrogen-bond acceptors (Lipinski definition) is 5. The molecule has 6 nitrogen and oxygen atoms in total. The van der Waals surface area contributed by atoms with Crippen LogP contribution in [0.3, 0.4) is 0 Å². The highest BCUT2D eigenvalue weighted by Crippen LogP contribution is 2.32. The van der Waals surface area contributed by atoms with Gasteiger partial charge in [0.25, 0.3) is 0 Å². The minimum absolute atomic E-state index is 0.00537. The Morgan fingerprint density at radius 2 is 2.00 bits per heavy atom. The molecule has 1 heterocycles. The summed E-state index contributed by atoms with van der Waals surface area (Å²) in [5, 5.41) is 13.1. The van der Waals surface area contributed by atoms with Crippen LogP contribution in [0.1, 0.15) is 11.3 Å². The van der Waals surface area contributed by atoms with Gasteiger partial charge >= 0.3 is 12.1 Å². The van der Waals surface area contributed by atoms with Gasteiger partial charge in [-0.05, 0) is 24.3 Å². The number of nitrogens with one attached hydrogen (secondary N) is 1. The fraction of sp³-hybridized carbons (Fsp3) is 0.167. The highest BCUT2D eigenvalue weighted by Gasteiger charge is 2.31. The van der Waals surface area contributed by atoms with Gasteiger partial charge in [0.2, 0.25) is 0 Å². The average Bonchev–Trinajstić information content (AvgIpc) is 2.83. The summed E-state index contributed by atoms with van der Waals surface area (Å²) < 4.78 is 42.8. The van der Waals surface area contributed by atoms with Crippen LogP contribution in [0, 0.1) is 10.1 Å². The molecule has 0 aliphatic heterocycles. The number of nitro groups is 1. The number of nitrogens with zero attached hydrogens (tertiary/aromatic N) is 1. The van der Waals surface area contributed by atoms with Crippen LogP contribution >= 0.6 is 0 Å². The lowest BCUT2D eigenvalue weighted by Crippen LogP contribution is -2.07. The molecule has 9 heteroatoms. The van der Waals surface area contributed by atoms with Gasteiger partial charge < -0.3 is 15.5 Å². The quantitative estimate of drug-likeness (QED) is 0.512. The first-order valence-corrected chi connectivity index (χ1v) is 5.70. The number of benzene rings is 1. The second-order valence-corrected chi connectivity index (χ2v) is 4.19. The monoisotopic (exact) mass is 301 g/mol. The normalized spacial score (nSPS) is 11.4. The Balaban J connectivity index is 2.12. The van der Waals surface area contributed by atoms with Gasteiger partial charge in [-0.2, -0.15) is 13.2 Å². The largest absolute Gasteiger partial charge is 0.433 e. The molecule has 0 fully saturated rings.